The normalized spacial score (nSPS) is 15.9. The van der Waals surface area contributed by atoms with Crippen LogP contribution in [0.1, 0.15) is 60.3 Å². The summed E-state index contributed by atoms with van der Waals surface area (Å²) in [5, 5.41) is 11.8. The zero-order valence-electron chi connectivity index (χ0n) is 26.7. The number of hydroxylamine groups is 1. The van der Waals surface area contributed by atoms with Crippen molar-refractivity contribution in [1.82, 2.24) is 30.1 Å². The molecule has 0 atom stereocenters. The van der Waals surface area contributed by atoms with Crippen LogP contribution >= 0.6 is 0 Å². The summed E-state index contributed by atoms with van der Waals surface area (Å²) in [4.78, 5) is 48.3. The van der Waals surface area contributed by atoms with E-state index in [0.29, 0.717) is 61.6 Å². The van der Waals surface area contributed by atoms with E-state index in [0.717, 1.165) is 63.0 Å². The smallest absolute Gasteiger partial charge is 0.261 e. The first-order valence-corrected chi connectivity index (χ1v) is 16.1. The Kier molecular flexibility index (Phi) is 11.2. The number of hydrogen-bond donors (Lipinski definition) is 3. The lowest BCUT2D eigenvalue weighted by Crippen LogP contribution is -2.47. The van der Waals surface area contributed by atoms with E-state index < -0.39 is 5.82 Å². The molecule has 2 aromatic carbocycles. The van der Waals surface area contributed by atoms with Crippen molar-refractivity contribution in [1.29, 1.82) is 0 Å². The quantitative estimate of drug-likeness (QED) is 0.149. The fourth-order valence-corrected chi connectivity index (χ4v) is 6.10. The van der Waals surface area contributed by atoms with Gasteiger partial charge in [0.1, 0.15) is 11.6 Å². The number of rotatable bonds is 13. The highest BCUT2D eigenvalue weighted by Gasteiger charge is 2.24. The molecule has 3 heterocycles. The van der Waals surface area contributed by atoms with Gasteiger partial charge in [0.15, 0.2) is 0 Å². The van der Waals surface area contributed by atoms with Crippen LogP contribution < -0.4 is 21.3 Å². The zero-order chi connectivity index (χ0) is 32.6. The van der Waals surface area contributed by atoms with E-state index in [1.165, 1.54) is 6.07 Å². The zero-order valence-corrected chi connectivity index (χ0v) is 26.7. The molecular weight excluding hydrogens is 589 g/mol. The van der Waals surface area contributed by atoms with Crippen molar-refractivity contribution in [2.45, 2.75) is 45.1 Å². The summed E-state index contributed by atoms with van der Waals surface area (Å²) in [5.41, 5.74) is 4.79. The number of amides is 2. The van der Waals surface area contributed by atoms with Gasteiger partial charge in [-0.2, -0.15) is 0 Å². The number of unbranched alkanes of at least 4 members (excludes halogenated alkanes) is 2. The third-order valence-electron chi connectivity index (χ3n) is 8.71. The lowest BCUT2D eigenvalue weighted by Gasteiger charge is -2.36. The van der Waals surface area contributed by atoms with Gasteiger partial charge >= 0.3 is 0 Å². The summed E-state index contributed by atoms with van der Waals surface area (Å²) in [6.45, 7) is 5.82. The van der Waals surface area contributed by atoms with Gasteiger partial charge in [-0.1, -0.05) is 18.6 Å². The van der Waals surface area contributed by atoms with Crippen molar-refractivity contribution in [2.75, 3.05) is 64.8 Å². The lowest BCUT2D eigenvalue weighted by molar-refractivity contribution is -0.129. The number of aromatic nitrogens is 2. The largest absolute Gasteiger partial charge is 0.367 e. The molecule has 1 fully saturated rings. The SMILES string of the molecule is CN(C)CCCNC(=O)c1ccc(/C=C2\CCn3c2nc2cc(N4CCN(CCCCCC(=O)NO)CC4)c(F)cc2c3=O)cc1. The Morgan fingerprint density at radius 3 is 2.50 bits per heavy atom. The van der Waals surface area contributed by atoms with Crippen molar-refractivity contribution in [3.8, 4) is 0 Å². The molecule has 1 saturated heterocycles. The maximum atomic E-state index is 15.4. The molecule has 2 amide bonds. The van der Waals surface area contributed by atoms with Gasteiger partial charge in [0.25, 0.3) is 11.5 Å². The van der Waals surface area contributed by atoms with Crippen LogP contribution in [0.15, 0.2) is 41.2 Å². The third kappa shape index (κ3) is 8.17. The van der Waals surface area contributed by atoms with E-state index >= 15 is 4.39 Å². The van der Waals surface area contributed by atoms with E-state index in [-0.39, 0.29) is 22.8 Å². The van der Waals surface area contributed by atoms with Crippen LogP contribution in [0.4, 0.5) is 10.1 Å². The highest BCUT2D eigenvalue weighted by atomic mass is 19.1. The molecule has 1 aromatic heterocycles. The molecule has 0 bridgehead atoms. The molecule has 12 heteroatoms. The number of benzene rings is 2. The van der Waals surface area contributed by atoms with Crippen molar-refractivity contribution < 1.29 is 19.2 Å². The molecule has 0 radical (unpaired) electrons. The monoisotopic (exact) mass is 633 g/mol. The minimum Gasteiger partial charge on any atom is -0.367 e. The topological polar surface area (TPSA) is 123 Å². The van der Waals surface area contributed by atoms with Gasteiger partial charge in [-0.3, -0.25) is 29.1 Å². The van der Waals surface area contributed by atoms with E-state index in [1.807, 2.05) is 37.2 Å². The average Bonchev–Trinajstić information content (AvgIpc) is 3.45. The minimum atomic E-state index is -0.418. The fourth-order valence-electron chi connectivity index (χ4n) is 6.10. The van der Waals surface area contributed by atoms with E-state index in [9.17, 15) is 14.4 Å². The molecule has 11 nitrogen and oxygen atoms in total. The summed E-state index contributed by atoms with van der Waals surface area (Å²) < 4.78 is 17.0. The van der Waals surface area contributed by atoms with Gasteiger partial charge in [0.05, 0.1) is 16.6 Å². The van der Waals surface area contributed by atoms with Crippen molar-refractivity contribution >= 4 is 40.1 Å². The highest BCUT2D eigenvalue weighted by molar-refractivity contribution is 5.94. The average molecular weight is 634 g/mol. The Morgan fingerprint density at radius 2 is 1.78 bits per heavy atom. The van der Waals surface area contributed by atoms with Crippen molar-refractivity contribution in [2.24, 2.45) is 0 Å². The number of fused-ring (bicyclic) bond motifs is 2. The second kappa shape index (κ2) is 15.4. The van der Waals surface area contributed by atoms with Crippen LogP contribution in [-0.2, 0) is 11.3 Å². The number of halogens is 1. The van der Waals surface area contributed by atoms with Gasteiger partial charge in [-0.15, -0.1) is 0 Å². The first-order valence-electron chi connectivity index (χ1n) is 16.1. The second-order valence-electron chi connectivity index (χ2n) is 12.3. The minimum absolute atomic E-state index is 0.102. The van der Waals surface area contributed by atoms with E-state index in [1.54, 1.807) is 28.2 Å². The Bertz CT molecular complexity index is 1630. The summed E-state index contributed by atoms with van der Waals surface area (Å²) in [7, 11) is 4.01. The fraction of sp³-hybridized carbons (Fsp3) is 0.471. The Hall–Kier alpha value is -4.13. The number of anilines is 1. The van der Waals surface area contributed by atoms with Crippen LogP contribution in [0, 0.1) is 5.82 Å². The van der Waals surface area contributed by atoms with Crippen LogP contribution in [0.25, 0.3) is 22.6 Å². The number of piperazine rings is 1. The third-order valence-corrected chi connectivity index (χ3v) is 8.71. The van der Waals surface area contributed by atoms with Crippen LogP contribution in [0.5, 0.6) is 0 Å². The van der Waals surface area contributed by atoms with E-state index in [2.05, 4.69) is 15.1 Å². The molecule has 3 aromatic rings. The summed E-state index contributed by atoms with van der Waals surface area (Å²) in [5.74, 6) is -0.285. The molecule has 0 aliphatic carbocycles. The molecule has 0 unspecified atom stereocenters. The molecule has 246 valence electrons. The van der Waals surface area contributed by atoms with Crippen molar-refractivity contribution in [3.63, 3.8) is 0 Å². The number of carbonyl (C=O) groups is 2. The van der Waals surface area contributed by atoms with Gasteiger partial charge in [0, 0.05) is 51.3 Å². The van der Waals surface area contributed by atoms with Gasteiger partial charge in [0.2, 0.25) is 5.91 Å². The molecule has 5 rings (SSSR count). The highest BCUT2D eigenvalue weighted by Crippen LogP contribution is 2.30. The summed E-state index contributed by atoms with van der Waals surface area (Å²) in [6.07, 6.45) is 6.41. The predicted molar refractivity (Wildman–Crippen MR) is 177 cm³/mol. The first-order chi connectivity index (χ1) is 22.2. The van der Waals surface area contributed by atoms with Gasteiger partial charge in [-0.25, -0.2) is 14.9 Å². The maximum absolute atomic E-state index is 15.4. The Balaban J connectivity index is 1.24. The maximum Gasteiger partial charge on any atom is 0.261 e. The predicted octanol–water partition coefficient (Wildman–Crippen LogP) is 3.35. The van der Waals surface area contributed by atoms with Crippen LogP contribution in [0.3, 0.4) is 0 Å². The van der Waals surface area contributed by atoms with Gasteiger partial charge in [-0.05, 0) is 94.3 Å². The summed E-state index contributed by atoms with van der Waals surface area (Å²) in [6, 6.07) is 10.4. The number of nitrogens with one attached hydrogen (secondary N) is 2. The number of nitrogens with zero attached hydrogens (tertiary/aromatic N) is 5. The molecular formula is C34H44FN7O4. The Morgan fingerprint density at radius 1 is 1.02 bits per heavy atom. The van der Waals surface area contributed by atoms with Crippen LogP contribution in [0.2, 0.25) is 0 Å². The molecule has 46 heavy (non-hydrogen) atoms. The van der Waals surface area contributed by atoms with Crippen molar-refractivity contribution in [3.05, 3.63) is 69.5 Å². The van der Waals surface area contributed by atoms with E-state index in [4.69, 9.17) is 10.2 Å². The lowest BCUT2D eigenvalue weighted by atomic mass is 10.1. The Labute approximate surface area is 268 Å². The second-order valence-corrected chi connectivity index (χ2v) is 12.3. The van der Waals surface area contributed by atoms with Gasteiger partial charge < -0.3 is 15.1 Å². The molecule has 2 aliphatic heterocycles. The summed E-state index contributed by atoms with van der Waals surface area (Å²) >= 11 is 0. The number of hydrogen-bond acceptors (Lipinski definition) is 8. The first kappa shape index (κ1) is 33.2. The molecule has 3 N–H and O–H groups in total. The molecule has 0 saturated carbocycles. The standard InChI is InChI=1S/C34H44FN7O4/c1-39(2)14-6-13-36-33(44)25-10-8-24(9-11-25)21-26-12-16-42-32(26)37-29-23-30(28(35)22-27(29)34(42)45)41-19-17-40(18-20-41)15-5-3-4-7-31(43)38-46/h8-11,21-23,46H,3-7,12-20H2,1-2H3,(H,36,44)(H,38,43)/b26-21+. The molecule has 0 spiro atoms. The number of carbonyl (C=O) groups excluding carboxylic acids is 2. The van der Waals surface area contributed by atoms with Crippen LogP contribution in [-0.4, -0.2) is 96.3 Å². The number of allylic oxidation sites excluding steroid dienone is 1. The molecule has 2 aliphatic rings.